The van der Waals surface area contributed by atoms with Gasteiger partial charge in [0.05, 0.1) is 0 Å². The summed E-state index contributed by atoms with van der Waals surface area (Å²) in [4.78, 5) is 21.5. The molecule has 0 spiro atoms. The van der Waals surface area contributed by atoms with E-state index in [2.05, 4.69) is 20.4 Å². The molecule has 3 aromatic carbocycles. The first-order valence-electron chi connectivity index (χ1n) is 10.1. The average Bonchev–Trinajstić information content (AvgIpc) is 3.35. The zero-order valence-electron chi connectivity index (χ0n) is 17.3. The van der Waals surface area contributed by atoms with Crippen molar-refractivity contribution < 1.29 is 9.53 Å². The Hall–Kier alpha value is -4.52. The Bertz CT molecular complexity index is 1390. The summed E-state index contributed by atoms with van der Waals surface area (Å²) in [7, 11) is 0. The molecule has 5 aromatic rings. The lowest BCUT2D eigenvalue weighted by Crippen LogP contribution is -2.12. The van der Waals surface area contributed by atoms with Crippen LogP contribution < -0.4 is 10.1 Å². The van der Waals surface area contributed by atoms with Crippen LogP contribution in [0.4, 0.5) is 5.69 Å². The number of ether oxygens (including phenoxy) is 1. The van der Waals surface area contributed by atoms with E-state index in [4.69, 9.17) is 4.74 Å². The third kappa shape index (κ3) is 4.04. The summed E-state index contributed by atoms with van der Waals surface area (Å²) < 4.78 is 7.54. The number of benzene rings is 3. The molecule has 156 valence electrons. The van der Waals surface area contributed by atoms with Crippen molar-refractivity contribution in [1.29, 1.82) is 0 Å². The van der Waals surface area contributed by atoms with E-state index in [0.29, 0.717) is 34.5 Å². The molecule has 0 fully saturated rings. The number of carbonyl (C=O) groups excluding carboxylic acids is 1. The molecule has 7 heteroatoms. The Morgan fingerprint density at radius 1 is 0.938 bits per heavy atom. The van der Waals surface area contributed by atoms with Crippen LogP contribution in [0.1, 0.15) is 16.2 Å². The van der Waals surface area contributed by atoms with Crippen LogP contribution >= 0.6 is 0 Å². The van der Waals surface area contributed by atoms with Crippen LogP contribution in [0.3, 0.4) is 0 Å². The van der Waals surface area contributed by atoms with Crippen molar-refractivity contribution in [2.24, 2.45) is 0 Å². The highest BCUT2D eigenvalue weighted by atomic mass is 16.5. The van der Waals surface area contributed by atoms with E-state index < -0.39 is 0 Å². The van der Waals surface area contributed by atoms with Crippen LogP contribution in [0.2, 0.25) is 0 Å². The van der Waals surface area contributed by atoms with Gasteiger partial charge in [0, 0.05) is 29.7 Å². The number of hydrogen-bond donors (Lipinski definition) is 1. The number of aromatic nitrogens is 4. The second-order valence-electron chi connectivity index (χ2n) is 7.17. The molecule has 7 nitrogen and oxygen atoms in total. The fraction of sp³-hybridized carbons (Fsp3) is 0.0400. The molecule has 0 unspecified atom stereocenters. The first kappa shape index (κ1) is 19.4. The van der Waals surface area contributed by atoms with Gasteiger partial charge >= 0.3 is 0 Å². The van der Waals surface area contributed by atoms with E-state index in [1.54, 1.807) is 54.3 Å². The molecule has 0 saturated carbocycles. The smallest absolute Gasteiger partial charge is 0.256 e. The van der Waals surface area contributed by atoms with E-state index in [-0.39, 0.29) is 5.91 Å². The minimum Gasteiger partial charge on any atom is -0.439 e. The number of amides is 1. The third-order valence-electron chi connectivity index (χ3n) is 4.91. The summed E-state index contributed by atoms with van der Waals surface area (Å²) in [6.45, 7) is 1.80. The Morgan fingerprint density at radius 2 is 1.75 bits per heavy atom. The number of nitrogens with zero attached hydrogens (tertiary/aromatic N) is 4. The zero-order chi connectivity index (χ0) is 21.9. The highest BCUT2D eigenvalue weighted by Crippen LogP contribution is 2.24. The average molecular weight is 421 g/mol. The van der Waals surface area contributed by atoms with Gasteiger partial charge in [0.1, 0.15) is 11.6 Å². The maximum atomic E-state index is 12.8. The maximum Gasteiger partial charge on any atom is 0.256 e. The summed E-state index contributed by atoms with van der Waals surface area (Å²) in [5, 5.41) is 9.08. The van der Waals surface area contributed by atoms with E-state index in [9.17, 15) is 4.79 Å². The van der Waals surface area contributed by atoms with Gasteiger partial charge in [-0.3, -0.25) is 4.79 Å². The monoisotopic (exact) mass is 421 g/mol. The topological polar surface area (TPSA) is 81.9 Å². The van der Waals surface area contributed by atoms with Gasteiger partial charge in [-0.2, -0.15) is 10.1 Å². The molecule has 0 bridgehead atoms. The molecule has 0 aliphatic rings. The second kappa shape index (κ2) is 8.31. The van der Waals surface area contributed by atoms with E-state index in [1.165, 1.54) is 0 Å². The van der Waals surface area contributed by atoms with Crippen molar-refractivity contribution in [3.8, 4) is 17.4 Å². The van der Waals surface area contributed by atoms with Gasteiger partial charge in [-0.1, -0.05) is 36.4 Å². The summed E-state index contributed by atoms with van der Waals surface area (Å²) in [5.41, 5.74) is 1.30. The molecule has 0 radical (unpaired) electrons. The Kier molecular flexibility index (Phi) is 5.05. The maximum absolute atomic E-state index is 12.8. The quantitative estimate of drug-likeness (QED) is 0.423. The number of hydrogen-bond acceptors (Lipinski definition) is 5. The molecule has 0 aliphatic carbocycles. The summed E-state index contributed by atoms with van der Waals surface area (Å²) in [6.07, 6.45) is 3.49. The molecular formula is C25H19N5O2. The normalized spacial score (nSPS) is 10.8. The van der Waals surface area contributed by atoms with Crippen LogP contribution in [-0.4, -0.2) is 25.7 Å². The number of rotatable bonds is 5. The van der Waals surface area contributed by atoms with Gasteiger partial charge in [-0.05, 0) is 54.1 Å². The number of nitrogens with one attached hydrogen (secondary N) is 1. The number of anilines is 1. The minimum atomic E-state index is -0.161. The third-order valence-corrected chi connectivity index (χ3v) is 4.91. The fourth-order valence-electron chi connectivity index (χ4n) is 3.45. The first-order valence-corrected chi connectivity index (χ1v) is 10.1. The minimum absolute atomic E-state index is 0.161. The Balaban J connectivity index is 1.32. The Morgan fingerprint density at radius 3 is 2.56 bits per heavy atom. The van der Waals surface area contributed by atoms with Gasteiger partial charge in [-0.25, -0.2) is 9.67 Å². The van der Waals surface area contributed by atoms with Crippen molar-refractivity contribution in [2.75, 3.05) is 5.32 Å². The van der Waals surface area contributed by atoms with Crippen LogP contribution in [0, 0.1) is 6.92 Å². The second-order valence-corrected chi connectivity index (χ2v) is 7.17. The summed E-state index contributed by atoms with van der Waals surface area (Å²) in [5.74, 6) is 2.04. The van der Waals surface area contributed by atoms with Crippen molar-refractivity contribution in [3.63, 3.8) is 0 Å². The summed E-state index contributed by atoms with van der Waals surface area (Å²) in [6, 6.07) is 24.2. The molecule has 2 aromatic heterocycles. The van der Waals surface area contributed by atoms with Crippen LogP contribution in [0.15, 0.2) is 91.3 Å². The predicted octanol–water partition coefficient (Wildman–Crippen LogP) is 5.17. The van der Waals surface area contributed by atoms with Gasteiger partial charge in [-0.15, -0.1) is 0 Å². The highest BCUT2D eigenvalue weighted by Gasteiger charge is 2.11. The van der Waals surface area contributed by atoms with Crippen molar-refractivity contribution >= 4 is 22.4 Å². The molecular weight excluding hydrogens is 402 g/mol. The first-order chi connectivity index (χ1) is 15.7. The van der Waals surface area contributed by atoms with Gasteiger partial charge < -0.3 is 10.1 Å². The van der Waals surface area contributed by atoms with E-state index in [1.807, 2.05) is 48.5 Å². The lowest BCUT2D eigenvalue weighted by Gasteiger charge is -2.10. The molecule has 1 amide bonds. The molecule has 0 atom stereocenters. The summed E-state index contributed by atoms with van der Waals surface area (Å²) >= 11 is 0. The molecule has 2 heterocycles. The molecule has 32 heavy (non-hydrogen) atoms. The number of fused-ring (bicyclic) bond motifs is 1. The van der Waals surface area contributed by atoms with Gasteiger partial charge in [0.25, 0.3) is 5.91 Å². The molecule has 1 N–H and O–H groups in total. The van der Waals surface area contributed by atoms with Crippen molar-refractivity contribution in [2.45, 2.75) is 6.92 Å². The van der Waals surface area contributed by atoms with E-state index in [0.717, 1.165) is 10.8 Å². The van der Waals surface area contributed by atoms with Gasteiger partial charge in [0.2, 0.25) is 5.88 Å². The zero-order valence-corrected chi connectivity index (χ0v) is 17.3. The van der Waals surface area contributed by atoms with Crippen LogP contribution in [0.5, 0.6) is 11.6 Å². The van der Waals surface area contributed by atoms with Crippen molar-refractivity contribution in [1.82, 2.24) is 19.7 Å². The van der Waals surface area contributed by atoms with Crippen LogP contribution in [-0.2, 0) is 0 Å². The highest BCUT2D eigenvalue weighted by molar-refractivity contribution is 6.12. The van der Waals surface area contributed by atoms with E-state index >= 15 is 0 Å². The van der Waals surface area contributed by atoms with Crippen molar-refractivity contribution in [3.05, 3.63) is 103 Å². The number of aryl methyl sites for hydroxylation is 1. The lowest BCUT2D eigenvalue weighted by atomic mass is 10.0. The van der Waals surface area contributed by atoms with Crippen LogP contribution in [0.25, 0.3) is 16.6 Å². The van der Waals surface area contributed by atoms with Gasteiger partial charge in [0.15, 0.2) is 5.82 Å². The predicted molar refractivity (Wildman–Crippen MR) is 122 cm³/mol. The lowest BCUT2D eigenvalue weighted by molar-refractivity contribution is 0.102. The number of carbonyl (C=O) groups is 1. The molecule has 0 saturated heterocycles. The largest absolute Gasteiger partial charge is 0.439 e. The molecule has 0 aliphatic heterocycles. The SMILES string of the molecule is Cc1nc(Oc2ccc(NC(=O)c3cccc4ccccc34)cc2)cc(-n2cccn2)n1. The Labute approximate surface area is 184 Å². The molecule has 5 rings (SSSR count). The fourth-order valence-corrected chi connectivity index (χ4v) is 3.45. The standard InChI is InChI=1S/C25H19N5O2/c1-17-27-23(30-15-5-14-26-30)16-24(28-17)32-20-12-10-19(11-13-20)29-25(31)22-9-4-7-18-6-2-3-8-21(18)22/h2-16H,1H3,(H,29,31).